The van der Waals surface area contributed by atoms with Crippen molar-refractivity contribution in [2.75, 3.05) is 6.54 Å². The van der Waals surface area contributed by atoms with E-state index in [0.29, 0.717) is 25.8 Å². The molecule has 29 heavy (non-hydrogen) atoms. The van der Waals surface area contributed by atoms with Crippen molar-refractivity contribution in [1.29, 1.82) is 0 Å². The molecule has 0 aromatic heterocycles. The average Bonchev–Trinajstić information content (AvgIpc) is 2.67. The molecule has 1 aromatic carbocycles. The van der Waals surface area contributed by atoms with Crippen LogP contribution in [0.2, 0.25) is 0 Å². The van der Waals surface area contributed by atoms with Crippen molar-refractivity contribution in [3.05, 3.63) is 35.9 Å². The van der Waals surface area contributed by atoms with Gasteiger partial charge >= 0.3 is 5.97 Å². The van der Waals surface area contributed by atoms with E-state index in [0.717, 1.165) is 12.0 Å². The lowest BCUT2D eigenvalue weighted by molar-refractivity contribution is -0.140. The predicted octanol–water partition coefficient (Wildman–Crippen LogP) is 3.35. The molecule has 0 radical (unpaired) electrons. The number of hydrogen-bond acceptors (Lipinski definition) is 4. The minimum absolute atomic E-state index is 0.0548. The van der Waals surface area contributed by atoms with Crippen LogP contribution in [-0.4, -0.2) is 39.4 Å². The molecule has 3 unspecified atom stereocenters. The van der Waals surface area contributed by atoms with Crippen LogP contribution in [0.15, 0.2) is 30.3 Å². The highest BCUT2D eigenvalue weighted by atomic mass is 31.2. The molecule has 5 N–H and O–H groups in total. The van der Waals surface area contributed by atoms with E-state index in [1.807, 2.05) is 30.3 Å². The van der Waals surface area contributed by atoms with E-state index in [2.05, 4.69) is 5.32 Å². The monoisotopic (exact) mass is 426 g/mol. The molecular formula is C21H35N2O5P. The predicted molar refractivity (Wildman–Crippen MR) is 115 cm³/mol. The topological polar surface area (TPSA) is 130 Å². The lowest BCUT2D eigenvalue weighted by Crippen LogP contribution is -2.47. The van der Waals surface area contributed by atoms with Gasteiger partial charge in [-0.25, -0.2) is 0 Å². The molecule has 0 bridgehead atoms. The number of carbonyl (C=O) groups excluding carboxylic acids is 1. The number of rotatable bonds is 13. The molecule has 7 nitrogen and oxygen atoms in total. The summed E-state index contributed by atoms with van der Waals surface area (Å²) in [6.07, 6.45) is 2.62. The number of carboxylic acids is 1. The molecule has 0 fully saturated rings. The summed E-state index contributed by atoms with van der Waals surface area (Å²) in [7, 11) is -4.30. The summed E-state index contributed by atoms with van der Waals surface area (Å²) in [5.41, 5.74) is 6.46. The lowest BCUT2D eigenvalue weighted by Gasteiger charge is -2.37. The van der Waals surface area contributed by atoms with E-state index in [4.69, 9.17) is 5.73 Å². The molecule has 0 spiro atoms. The first-order valence-corrected chi connectivity index (χ1v) is 11.9. The number of unbranched alkanes of at least 4 members (excludes halogenated alkanes) is 2. The summed E-state index contributed by atoms with van der Waals surface area (Å²) in [5, 5.41) is 10.6. The van der Waals surface area contributed by atoms with Gasteiger partial charge in [-0.1, -0.05) is 57.0 Å². The fraction of sp³-hybridized carbons (Fsp3) is 0.619. The molecule has 1 rings (SSSR count). The number of nitrogens with two attached hydrogens (primary N) is 1. The number of carbonyl (C=O) groups is 2. The smallest absolute Gasteiger partial charge is 0.319 e. The van der Waals surface area contributed by atoms with Gasteiger partial charge in [-0.05, 0) is 44.2 Å². The van der Waals surface area contributed by atoms with Gasteiger partial charge in [0, 0.05) is 6.42 Å². The maximum Gasteiger partial charge on any atom is 0.319 e. The molecular weight excluding hydrogens is 391 g/mol. The second-order valence-corrected chi connectivity index (χ2v) is 10.8. The summed E-state index contributed by atoms with van der Waals surface area (Å²) in [4.78, 5) is 35.4. The summed E-state index contributed by atoms with van der Waals surface area (Å²) in [5.74, 6) is -3.20. The van der Waals surface area contributed by atoms with Gasteiger partial charge in [-0.3, -0.25) is 14.2 Å². The Morgan fingerprint density at radius 1 is 1.17 bits per heavy atom. The van der Waals surface area contributed by atoms with Crippen molar-refractivity contribution in [2.24, 2.45) is 11.7 Å². The number of benzene rings is 1. The largest absolute Gasteiger partial charge is 0.480 e. The number of hydrogen-bond donors (Lipinski definition) is 4. The van der Waals surface area contributed by atoms with Crippen LogP contribution in [0.5, 0.6) is 0 Å². The molecule has 0 heterocycles. The Bertz CT molecular complexity index is 710. The van der Waals surface area contributed by atoms with Gasteiger partial charge in [0.1, 0.15) is 10.9 Å². The van der Waals surface area contributed by atoms with Crippen LogP contribution in [0.25, 0.3) is 0 Å². The molecule has 0 aliphatic rings. The van der Waals surface area contributed by atoms with Gasteiger partial charge in [0.05, 0.1) is 0 Å². The Labute approximate surface area is 173 Å². The van der Waals surface area contributed by atoms with Gasteiger partial charge in [-0.2, -0.15) is 0 Å². The Hall–Kier alpha value is -1.69. The first kappa shape index (κ1) is 25.3. The molecule has 0 saturated carbocycles. The van der Waals surface area contributed by atoms with Gasteiger partial charge in [0.25, 0.3) is 0 Å². The molecule has 0 saturated heterocycles. The summed E-state index contributed by atoms with van der Waals surface area (Å²) >= 11 is 0. The van der Waals surface area contributed by atoms with Crippen molar-refractivity contribution in [3.63, 3.8) is 0 Å². The highest BCUT2D eigenvalue weighted by Crippen LogP contribution is 2.61. The summed E-state index contributed by atoms with van der Waals surface area (Å²) in [6, 6.07) is 9.48. The second-order valence-electron chi connectivity index (χ2n) is 8.04. The molecule has 3 atom stereocenters. The van der Waals surface area contributed by atoms with E-state index >= 15 is 0 Å². The van der Waals surface area contributed by atoms with Gasteiger partial charge in [0.15, 0.2) is 0 Å². The Balaban J connectivity index is 2.92. The number of amides is 1. The highest BCUT2D eigenvalue weighted by molar-refractivity contribution is 7.61. The van der Waals surface area contributed by atoms with Crippen LogP contribution in [0, 0.1) is 5.92 Å². The first-order valence-electron chi connectivity index (χ1n) is 10.2. The number of carboxylic acid groups (broad SMARTS) is 1. The zero-order chi connectivity index (χ0) is 22.1. The first-order chi connectivity index (χ1) is 13.6. The molecule has 0 aliphatic heterocycles. The van der Waals surface area contributed by atoms with Gasteiger partial charge < -0.3 is 21.1 Å². The van der Waals surface area contributed by atoms with Crippen LogP contribution < -0.4 is 11.1 Å². The normalized spacial score (nSPS) is 16.6. The summed E-state index contributed by atoms with van der Waals surface area (Å²) < 4.78 is 13.4. The third-order valence-corrected chi connectivity index (χ3v) is 8.65. The SMILES string of the molecule is CC(C)C(NC(=O)CCc1ccccc1)P(=O)(O)C(C)(CCCCCN)C(=O)O. The van der Waals surface area contributed by atoms with Crippen molar-refractivity contribution in [2.45, 2.75) is 70.2 Å². The minimum atomic E-state index is -4.30. The lowest BCUT2D eigenvalue weighted by atomic mass is 10.0. The molecule has 0 aliphatic carbocycles. The third kappa shape index (κ3) is 6.95. The molecule has 164 valence electrons. The standard InChI is InChI=1S/C21H35N2O5P/c1-16(2)19(23-18(24)13-12-17-10-6-4-7-11-17)29(27,28)21(3,20(25)26)14-8-5-9-15-22/h4,6-7,10-11,16,19H,5,8-9,12-15,22H2,1-3H3,(H,23,24)(H,25,26)(H,27,28). The second kappa shape index (κ2) is 11.5. The van der Waals surface area contributed by atoms with Gasteiger partial charge in [0.2, 0.25) is 13.3 Å². The van der Waals surface area contributed by atoms with Crippen molar-refractivity contribution >= 4 is 19.2 Å². The van der Waals surface area contributed by atoms with E-state index < -0.39 is 30.2 Å². The zero-order valence-electron chi connectivity index (χ0n) is 17.6. The van der Waals surface area contributed by atoms with Crippen molar-refractivity contribution < 1.29 is 24.2 Å². The van der Waals surface area contributed by atoms with E-state index in [-0.39, 0.29) is 18.7 Å². The quantitative estimate of drug-likeness (QED) is 0.283. The van der Waals surface area contributed by atoms with Crippen molar-refractivity contribution in [3.8, 4) is 0 Å². The van der Waals surface area contributed by atoms with Crippen LogP contribution in [-0.2, 0) is 20.6 Å². The van der Waals surface area contributed by atoms with E-state index in [1.165, 1.54) is 6.92 Å². The average molecular weight is 426 g/mol. The Morgan fingerprint density at radius 2 is 1.79 bits per heavy atom. The highest BCUT2D eigenvalue weighted by Gasteiger charge is 2.54. The molecule has 8 heteroatoms. The Morgan fingerprint density at radius 3 is 2.31 bits per heavy atom. The maximum atomic E-state index is 13.4. The summed E-state index contributed by atoms with van der Waals surface area (Å²) in [6.45, 7) is 5.22. The van der Waals surface area contributed by atoms with Crippen molar-refractivity contribution in [1.82, 2.24) is 5.32 Å². The number of aryl methyl sites for hydroxylation is 1. The van der Waals surface area contributed by atoms with Crippen LogP contribution >= 0.6 is 7.37 Å². The van der Waals surface area contributed by atoms with E-state index in [9.17, 15) is 24.2 Å². The van der Waals surface area contributed by atoms with E-state index in [1.54, 1.807) is 13.8 Å². The third-order valence-electron chi connectivity index (χ3n) is 5.34. The minimum Gasteiger partial charge on any atom is -0.480 e. The van der Waals surface area contributed by atoms with Crippen LogP contribution in [0.4, 0.5) is 0 Å². The fourth-order valence-corrected chi connectivity index (χ4v) is 5.79. The number of nitrogens with one attached hydrogen (secondary N) is 1. The Kier molecular flexibility index (Phi) is 10.0. The molecule has 1 amide bonds. The zero-order valence-corrected chi connectivity index (χ0v) is 18.5. The van der Waals surface area contributed by atoms with Crippen LogP contribution in [0.3, 0.4) is 0 Å². The number of aliphatic carboxylic acids is 1. The van der Waals surface area contributed by atoms with Gasteiger partial charge in [-0.15, -0.1) is 0 Å². The van der Waals surface area contributed by atoms with Crippen LogP contribution in [0.1, 0.15) is 58.4 Å². The fourth-order valence-electron chi connectivity index (χ4n) is 3.30. The maximum absolute atomic E-state index is 13.4. The molecule has 1 aromatic rings.